The van der Waals surface area contributed by atoms with Crippen molar-refractivity contribution in [2.75, 3.05) is 5.32 Å². The number of rotatable bonds is 2. The van der Waals surface area contributed by atoms with Gasteiger partial charge in [-0.25, -0.2) is 0 Å². The number of nitrogens with one attached hydrogen (secondary N) is 1. The summed E-state index contributed by atoms with van der Waals surface area (Å²) in [5, 5.41) is 4.95. The predicted octanol–water partition coefficient (Wildman–Crippen LogP) is 5.93. The lowest BCUT2D eigenvalue weighted by Gasteiger charge is -2.11. The monoisotopic (exact) mass is 417 g/mol. The first-order chi connectivity index (χ1) is 10.6. The Morgan fingerprint density at radius 3 is 2.45 bits per heavy atom. The van der Waals surface area contributed by atoms with Crippen molar-refractivity contribution in [2.24, 2.45) is 0 Å². The first-order valence-corrected chi connectivity index (χ1v) is 8.39. The molecule has 1 amide bonds. The van der Waals surface area contributed by atoms with Crippen LogP contribution in [0.3, 0.4) is 0 Å². The van der Waals surface area contributed by atoms with E-state index in [4.69, 9.17) is 0 Å². The van der Waals surface area contributed by atoms with Crippen LogP contribution in [-0.2, 0) is 0 Å². The number of benzene rings is 3. The summed E-state index contributed by atoms with van der Waals surface area (Å²) in [6.45, 7) is 1.97. The number of hydrogen-bond donors (Lipinski definition) is 1. The van der Waals surface area contributed by atoms with Crippen LogP contribution in [0.15, 0.2) is 63.5 Å². The molecular formula is C18H13Br2NO. The van der Waals surface area contributed by atoms with E-state index >= 15 is 0 Å². The third kappa shape index (κ3) is 2.94. The zero-order chi connectivity index (χ0) is 15.7. The second-order valence-corrected chi connectivity index (χ2v) is 6.82. The van der Waals surface area contributed by atoms with Crippen molar-refractivity contribution in [3.05, 3.63) is 74.7 Å². The molecule has 0 heterocycles. The Hall–Kier alpha value is -1.65. The number of anilines is 1. The number of fused-ring (bicyclic) bond motifs is 1. The van der Waals surface area contributed by atoms with Crippen molar-refractivity contribution < 1.29 is 4.79 Å². The Morgan fingerprint density at radius 2 is 1.68 bits per heavy atom. The molecule has 3 rings (SSSR count). The maximum atomic E-state index is 12.6. The van der Waals surface area contributed by atoms with E-state index in [2.05, 4.69) is 37.2 Å². The third-order valence-electron chi connectivity index (χ3n) is 3.55. The lowest BCUT2D eigenvalue weighted by molar-refractivity contribution is 0.102. The van der Waals surface area contributed by atoms with E-state index in [1.54, 1.807) is 0 Å². The molecule has 0 saturated heterocycles. The maximum absolute atomic E-state index is 12.6. The molecule has 0 atom stereocenters. The van der Waals surface area contributed by atoms with Crippen LogP contribution >= 0.6 is 31.9 Å². The molecule has 4 heteroatoms. The fourth-order valence-corrected chi connectivity index (χ4v) is 3.40. The summed E-state index contributed by atoms with van der Waals surface area (Å²) >= 11 is 6.96. The summed E-state index contributed by atoms with van der Waals surface area (Å²) in [5.74, 6) is -0.103. The number of aryl methyl sites for hydroxylation is 1. The van der Waals surface area contributed by atoms with Gasteiger partial charge in [0.25, 0.3) is 5.91 Å². The number of carbonyl (C=O) groups excluding carboxylic acids is 1. The van der Waals surface area contributed by atoms with E-state index in [-0.39, 0.29) is 5.91 Å². The minimum Gasteiger partial charge on any atom is -0.322 e. The van der Waals surface area contributed by atoms with Gasteiger partial charge in [-0.1, -0.05) is 56.1 Å². The highest BCUT2D eigenvalue weighted by Gasteiger charge is 2.12. The van der Waals surface area contributed by atoms with E-state index < -0.39 is 0 Å². The summed E-state index contributed by atoms with van der Waals surface area (Å²) in [5.41, 5.74) is 2.51. The van der Waals surface area contributed by atoms with Crippen LogP contribution in [0, 0.1) is 6.92 Å². The van der Waals surface area contributed by atoms with E-state index in [9.17, 15) is 4.79 Å². The molecule has 0 aliphatic carbocycles. The molecule has 110 valence electrons. The maximum Gasteiger partial charge on any atom is 0.256 e. The van der Waals surface area contributed by atoms with Gasteiger partial charge in [0.1, 0.15) is 0 Å². The summed E-state index contributed by atoms with van der Waals surface area (Å²) in [6.07, 6.45) is 0. The van der Waals surface area contributed by atoms with Crippen LogP contribution in [0.4, 0.5) is 5.69 Å². The van der Waals surface area contributed by atoms with Crippen molar-refractivity contribution >= 4 is 54.2 Å². The summed E-state index contributed by atoms with van der Waals surface area (Å²) < 4.78 is 1.98. The van der Waals surface area contributed by atoms with Gasteiger partial charge in [0.2, 0.25) is 0 Å². The normalized spacial score (nSPS) is 10.7. The Bertz CT molecular complexity index is 874. The second-order valence-electron chi connectivity index (χ2n) is 5.05. The average molecular weight is 419 g/mol. The van der Waals surface area contributed by atoms with Crippen molar-refractivity contribution in [3.63, 3.8) is 0 Å². The van der Waals surface area contributed by atoms with Gasteiger partial charge < -0.3 is 5.32 Å². The SMILES string of the molecule is Cc1cc(Br)ccc1NC(=O)c1cccc2c(Br)cccc12. The fraction of sp³-hybridized carbons (Fsp3) is 0.0556. The summed E-state index contributed by atoms with van der Waals surface area (Å²) in [7, 11) is 0. The smallest absolute Gasteiger partial charge is 0.256 e. The molecule has 2 nitrogen and oxygen atoms in total. The first kappa shape index (κ1) is 15.3. The molecule has 0 fully saturated rings. The molecule has 0 unspecified atom stereocenters. The topological polar surface area (TPSA) is 29.1 Å². The fourth-order valence-electron chi connectivity index (χ4n) is 2.43. The van der Waals surface area contributed by atoms with Crippen LogP contribution in [0.1, 0.15) is 15.9 Å². The van der Waals surface area contributed by atoms with Crippen molar-refractivity contribution in [3.8, 4) is 0 Å². The Labute approximate surface area is 145 Å². The lowest BCUT2D eigenvalue weighted by Crippen LogP contribution is -2.13. The number of hydrogen-bond acceptors (Lipinski definition) is 1. The van der Waals surface area contributed by atoms with Gasteiger partial charge in [0, 0.05) is 20.2 Å². The van der Waals surface area contributed by atoms with Crippen LogP contribution in [0.2, 0.25) is 0 Å². The Kier molecular flexibility index (Phi) is 4.32. The molecule has 0 bridgehead atoms. The lowest BCUT2D eigenvalue weighted by atomic mass is 10.0. The number of carbonyl (C=O) groups is 1. The van der Waals surface area contributed by atoms with Crippen LogP contribution in [-0.4, -0.2) is 5.91 Å². The number of halogens is 2. The van der Waals surface area contributed by atoms with Gasteiger partial charge in [0.15, 0.2) is 0 Å². The van der Waals surface area contributed by atoms with Gasteiger partial charge in [-0.05, 0) is 53.6 Å². The minimum absolute atomic E-state index is 0.103. The minimum atomic E-state index is -0.103. The zero-order valence-electron chi connectivity index (χ0n) is 11.9. The highest BCUT2D eigenvalue weighted by Crippen LogP contribution is 2.27. The van der Waals surface area contributed by atoms with Gasteiger partial charge >= 0.3 is 0 Å². The quantitative estimate of drug-likeness (QED) is 0.549. The van der Waals surface area contributed by atoms with Crippen molar-refractivity contribution in [1.29, 1.82) is 0 Å². The summed E-state index contributed by atoms with van der Waals surface area (Å²) in [4.78, 5) is 12.6. The van der Waals surface area contributed by atoms with Crippen molar-refractivity contribution in [1.82, 2.24) is 0 Å². The van der Waals surface area contributed by atoms with Crippen LogP contribution in [0.5, 0.6) is 0 Å². The van der Waals surface area contributed by atoms with Gasteiger partial charge in [-0.3, -0.25) is 4.79 Å². The van der Waals surface area contributed by atoms with E-state index in [1.807, 2.05) is 61.5 Å². The molecule has 22 heavy (non-hydrogen) atoms. The molecule has 0 saturated carbocycles. The summed E-state index contributed by atoms with van der Waals surface area (Å²) in [6, 6.07) is 17.4. The average Bonchev–Trinajstić information content (AvgIpc) is 2.50. The first-order valence-electron chi connectivity index (χ1n) is 6.81. The van der Waals surface area contributed by atoms with Gasteiger partial charge in [0.05, 0.1) is 0 Å². The Balaban J connectivity index is 2.01. The molecule has 1 N–H and O–H groups in total. The molecule has 0 aliphatic heterocycles. The molecule has 3 aromatic carbocycles. The molecule has 3 aromatic rings. The molecule has 0 radical (unpaired) electrons. The van der Waals surface area contributed by atoms with E-state index in [0.717, 1.165) is 31.0 Å². The molecule has 0 aromatic heterocycles. The number of amides is 1. The highest BCUT2D eigenvalue weighted by atomic mass is 79.9. The predicted molar refractivity (Wildman–Crippen MR) is 98.5 cm³/mol. The zero-order valence-corrected chi connectivity index (χ0v) is 15.0. The second kappa shape index (κ2) is 6.23. The van der Waals surface area contributed by atoms with Gasteiger partial charge in [-0.15, -0.1) is 0 Å². The van der Waals surface area contributed by atoms with Crippen LogP contribution < -0.4 is 5.32 Å². The standard InChI is InChI=1S/C18H13Br2NO/c1-11-10-12(19)8-9-17(11)21-18(22)15-6-2-5-14-13(15)4-3-7-16(14)20/h2-10H,1H3,(H,21,22). The van der Waals surface area contributed by atoms with Gasteiger partial charge in [-0.2, -0.15) is 0 Å². The van der Waals surface area contributed by atoms with Crippen LogP contribution in [0.25, 0.3) is 10.8 Å². The molecular weight excluding hydrogens is 406 g/mol. The largest absolute Gasteiger partial charge is 0.322 e. The molecule has 0 spiro atoms. The van der Waals surface area contributed by atoms with Crippen molar-refractivity contribution in [2.45, 2.75) is 6.92 Å². The van der Waals surface area contributed by atoms with E-state index in [0.29, 0.717) is 5.56 Å². The van der Waals surface area contributed by atoms with E-state index in [1.165, 1.54) is 0 Å². The third-order valence-corrected chi connectivity index (χ3v) is 4.73. The molecule has 0 aliphatic rings. The Morgan fingerprint density at radius 1 is 0.955 bits per heavy atom. The highest BCUT2D eigenvalue weighted by molar-refractivity contribution is 9.11.